The van der Waals surface area contributed by atoms with Crippen molar-refractivity contribution in [2.75, 3.05) is 13.2 Å². The summed E-state index contributed by atoms with van der Waals surface area (Å²) in [5.74, 6) is -0.546. The maximum atomic E-state index is 12.7. The van der Waals surface area contributed by atoms with E-state index < -0.39 is 12.1 Å². The van der Waals surface area contributed by atoms with Gasteiger partial charge in [0.15, 0.2) is 0 Å². The molecule has 1 aliphatic rings. The number of hydrogen-bond donors (Lipinski definition) is 0. The van der Waals surface area contributed by atoms with Crippen LogP contribution in [0.5, 0.6) is 0 Å². The lowest BCUT2D eigenvalue weighted by molar-refractivity contribution is 0.0629. The van der Waals surface area contributed by atoms with Gasteiger partial charge in [0.2, 0.25) is 0 Å². The van der Waals surface area contributed by atoms with Gasteiger partial charge in [-0.25, -0.2) is 0 Å². The van der Waals surface area contributed by atoms with E-state index in [4.69, 9.17) is 0 Å². The molecule has 96 valence electrons. The van der Waals surface area contributed by atoms with Crippen molar-refractivity contribution < 1.29 is 14.0 Å². The molecule has 0 atom stereocenters. The Labute approximate surface area is 106 Å². The van der Waals surface area contributed by atoms with Crippen molar-refractivity contribution in [1.29, 1.82) is 0 Å². The minimum atomic E-state index is -0.505. The van der Waals surface area contributed by atoms with Gasteiger partial charge >= 0.3 is 0 Å². The predicted molar refractivity (Wildman–Crippen MR) is 66.2 cm³/mol. The molecule has 0 N–H and O–H groups in total. The van der Waals surface area contributed by atoms with E-state index in [9.17, 15) is 14.0 Å². The molecule has 1 aliphatic heterocycles. The first kappa shape index (κ1) is 12.7. The van der Waals surface area contributed by atoms with Crippen LogP contribution < -0.4 is 0 Å². The first-order valence-corrected chi connectivity index (χ1v) is 5.97. The van der Waals surface area contributed by atoms with Gasteiger partial charge in [-0.1, -0.05) is 26.0 Å². The molecule has 1 aromatic carbocycles. The molecule has 4 heteroatoms. The molecule has 0 bridgehead atoms. The predicted octanol–water partition coefficient (Wildman–Crippen LogP) is 2.67. The first-order valence-electron chi connectivity index (χ1n) is 5.97. The highest BCUT2D eigenvalue weighted by atomic mass is 19.1. The van der Waals surface area contributed by atoms with E-state index in [0.29, 0.717) is 17.5 Å². The molecule has 2 rings (SSSR count). The molecule has 3 nitrogen and oxygen atoms in total. The van der Waals surface area contributed by atoms with E-state index in [-0.39, 0.29) is 18.4 Å². The maximum absolute atomic E-state index is 12.7. The van der Waals surface area contributed by atoms with Crippen molar-refractivity contribution in [2.24, 2.45) is 5.41 Å². The van der Waals surface area contributed by atoms with Crippen LogP contribution in [-0.2, 0) is 0 Å². The molecule has 0 spiro atoms. The van der Waals surface area contributed by atoms with Gasteiger partial charge in [0.25, 0.3) is 11.8 Å². The van der Waals surface area contributed by atoms with Crippen LogP contribution in [0.15, 0.2) is 24.3 Å². The van der Waals surface area contributed by atoms with Crippen molar-refractivity contribution in [2.45, 2.75) is 20.3 Å². The summed E-state index contributed by atoms with van der Waals surface area (Å²) in [5, 5.41) is 0. The van der Waals surface area contributed by atoms with Gasteiger partial charge in [-0.2, -0.15) is 0 Å². The Hall–Kier alpha value is -1.71. The fourth-order valence-corrected chi connectivity index (χ4v) is 1.92. The van der Waals surface area contributed by atoms with Crippen molar-refractivity contribution in [3.63, 3.8) is 0 Å². The van der Waals surface area contributed by atoms with Crippen molar-refractivity contribution >= 4 is 11.8 Å². The zero-order chi connectivity index (χ0) is 13.3. The normalized spacial score (nSPS) is 15.2. The molecule has 1 heterocycles. The molecular weight excluding hydrogens is 233 g/mol. The molecular formula is C14H16FNO2. The topological polar surface area (TPSA) is 37.4 Å². The number of halogens is 1. The molecule has 2 amide bonds. The number of carbonyl (C=O) groups excluding carboxylic acids is 2. The van der Waals surface area contributed by atoms with E-state index in [1.807, 2.05) is 0 Å². The van der Waals surface area contributed by atoms with Crippen LogP contribution in [0.1, 0.15) is 41.0 Å². The second kappa shape index (κ2) is 4.52. The number of hydrogen-bond acceptors (Lipinski definition) is 2. The minimum absolute atomic E-state index is 0.267. The van der Waals surface area contributed by atoms with E-state index in [0.717, 1.165) is 0 Å². The first-order chi connectivity index (χ1) is 8.46. The van der Waals surface area contributed by atoms with Crippen molar-refractivity contribution in [3.05, 3.63) is 35.4 Å². The van der Waals surface area contributed by atoms with Crippen molar-refractivity contribution in [3.8, 4) is 0 Å². The molecule has 1 aromatic rings. The summed E-state index contributed by atoms with van der Waals surface area (Å²) in [4.78, 5) is 25.3. The highest BCUT2D eigenvalue weighted by Gasteiger charge is 2.35. The third kappa shape index (κ3) is 2.15. The van der Waals surface area contributed by atoms with Crippen LogP contribution in [0, 0.1) is 5.41 Å². The lowest BCUT2D eigenvalue weighted by atomic mass is 9.91. The molecule has 0 fully saturated rings. The van der Waals surface area contributed by atoms with Crippen molar-refractivity contribution in [1.82, 2.24) is 4.90 Å². The van der Waals surface area contributed by atoms with Gasteiger partial charge in [-0.15, -0.1) is 0 Å². The van der Waals surface area contributed by atoms with E-state index in [1.54, 1.807) is 38.1 Å². The average Bonchev–Trinajstić information content (AvgIpc) is 2.61. The van der Waals surface area contributed by atoms with Crippen LogP contribution in [0.4, 0.5) is 4.39 Å². The fourth-order valence-electron chi connectivity index (χ4n) is 1.92. The Bertz CT molecular complexity index is 461. The summed E-state index contributed by atoms with van der Waals surface area (Å²) < 4.78 is 12.7. The van der Waals surface area contributed by atoms with Crippen LogP contribution in [0.3, 0.4) is 0 Å². The molecule has 0 aromatic heterocycles. The maximum Gasteiger partial charge on any atom is 0.261 e. The Kier molecular flexibility index (Phi) is 3.20. The monoisotopic (exact) mass is 249 g/mol. The smallest absolute Gasteiger partial charge is 0.261 e. The summed E-state index contributed by atoms with van der Waals surface area (Å²) in [7, 11) is 0. The van der Waals surface area contributed by atoms with Gasteiger partial charge in [-0.3, -0.25) is 18.9 Å². The number of amides is 2. The Morgan fingerprint density at radius 1 is 1.11 bits per heavy atom. The molecule has 0 saturated carbocycles. The van der Waals surface area contributed by atoms with Crippen LogP contribution in [0.25, 0.3) is 0 Å². The number of fused-ring (bicyclic) bond motifs is 1. The molecule has 0 aliphatic carbocycles. The zero-order valence-electron chi connectivity index (χ0n) is 10.6. The Balaban J connectivity index is 2.14. The number of nitrogens with zero attached hydrogens (tertiary/aromatic N) is 1. The SMILES string of the molecule is CC(C)(CF)CCN1C(=O)c2ccccc2C1=O. The summed E-state index contributed by atoms with van der Waals surface area (Å²) in [6.45, 7) is 3.37. The Morgan fingerprint density at radius 3 is 2.06 bits per heavy atom. The third-order valence-electron chi connectivity index (χ3n) is 3.25. The summed E-state index contributed by atoms with van der Waals surface area (Å²) in [5.41, 5.74) is 0.385. The van der Waals surface area contributed by atoms with Crippen LogP contribution >= 0.6 is 0 Å². The minimum Gasteiger partial charge on any atom is -0.274 e. The lowest BCUT2D eigenvalue weighted by Gasteiger charge is -2.23. The van der Waals surface area contributed by atoms with E-state index in [2.05, 4.69) is 0 Å². The lowest BCUT2D eigenvalue weighted by Crippen LogP contribution is -2.33. The third-order valence-corrected chi connectivity index (χ3v) is 3.25. The van der Waals surface area contributed by atoms with E-state index in [1.165, 1.54) is 4.90 Å². The second-order valence-corrected chi connectivity index (χ2v) is 5.36. The summed E-state index contributed by atoms with van der Waals surface area (Å²) >= 11 is 0. The highest BCUT2D eigenvalue weighted by molar-refractivity contribution is 6.21. The molecule has 0 saturated heterocycles. The molecule has 18 heavy (non-hydrogen) atoms. The summed E-state index contributed by atoms with van der Waals surface area (Å²) in [6.07, 6.45) is 0.467. The average molecular weight is 249 g/mol. The number of rotatable bonds is 4. The van der Waals surface area contributed by atoms with Gasteiger partial charge < -0.3 is 0 Å². The van der Waals surface area contributed by atoms with Gasteiger partial charge in [0.1, 0.15) is 0 Å². The Morgan fingerprint density at radius 2 is 1.61 bits per heavy atom. The fraction of sp³-hybridized carbons (Fsp3) is 0.429. The van der Waals surface area contributed by atoms with Crippen LogP contribution in [-0.4, -0.2) is 29.9 Å². The van der Waals surface area contributed by atoms with Crippen LogP contribution in [0.2, 0.25) is 0 Å². The zero-order valence-corrected chi connectivity index (χ0v) is 10.6. The quantitative estimate of drug-likeness (QED) is 0.769. The van der Waals surface area contributed by atoms with Gasteiger partial charge in [0, 0.05) is 6.54 Å². The molecule has 0 unspecified atom stereocenters. The van der Waals surface area contributed by atoms with E-state index >= 15 is 0 Å². The highest BCUT2D eigenvalue weighted by Crippen LogP contribution is 2.26. The number of benzene rings is 1. The largest absolute Gasteiger partial charge is 0.274 e. The summed E-state index contributed by atoms with van der Waals surface area (Å²) in [6, 6.07) is 6.77. The standard InChI is InChI=1S/C14H16FNO2/c1-14(2,9-15)7-8-16-12(17)10-5-3-4-6-11(10)13(16)18/h3-6H,7-9H2,1-2H3. The molecule has 0 radical (unpaired) electrons. The number of carbonyl (C=O) groups is 2. The number of imide groups is 1. The second-order valence-electron chi connectivity index (χ2n) is 5.36. The number of alkyl halides is 1. The van der Waals surface area contributed by atoms with Gasteiger partial charge in [0.05, 0.1) is 17.8 Å². The van der Waals surface area contributed by atoms with Gasteiger partial charge in [-0.05, 0) is 24.0 Å².